The average molecular weight is 429 g/mol. The van der Waals surface area contributed by atoms with E-state index in [0.29, 0.717) is 0 Å². The quantitative estimate of drug-likeness (QED) is 0.539. The minimum absolute atomic E-state index is 0.134. The monoisotopic (exact) mass is 429 g/mol. The van der Waals surface area contributed by atoms with Gasteiger partial charge >= 0.3 is 6.18 Å². The Hall–Kier alpha value is -3.29. The molecule has 0 radical (unpaired) electrons. The first-order chi connectivity index (χ1) is 14.8. The minimum Gasteiger partial charge on any atom is -0.361 e. The summed E-state index contributed by atoms with van der Waals surface area (Å²) in [6.45, 7) is 0.219. The highest BCUT2D eigenvalue weighted by Crippen LogP contribution is 2.31. The summed E-state index contributed by atoms with van der Waals surface area (Å²) in [5.41, 5.74) is 2.94. The van der Waals surface area contributed by atoms with Crippen molar-refractivity contribution in [3.05, 3.63) is 71.9 Å². The summed E-state index contributed by atoms with van der Waals surface area (Å²) in [6, 6.07) is 15.6. The zero-order chi connectivity index (χ0) is 22.0. The largest absolute Gasteiger partial charge is 0.408 e. The normalized spacial score (nSPS) is 20.3. The fourth-order valence-corrected chi connectivity index (χ4v) is 4.11. The zero-order valence-corrected chi connectivity index (χ0v) is 16.6. The van der Waals surface area contributed by atoms with E-state index in [9.17, 15) is 22.8 Å². The number of hydrogen-bond donors (Lipinski definition) is 3. The predicted molar refractivity (Wildman–Crippen MR) is 110 cm³/mol. The summed E-state index contributed by atoms with van der Waals surface area (Å²) in [7, 11) is 0. The molecule has 1 aliphatic heterocycles. The Morgan fingerprint density at radius 2 is 1.77 bits per heavy atom. The van der Waals surface area contributed by atoms with Gasteiger partial charge in [0.2, 0.25) is 11.8 Å². The molecule has 8 heteroatoms. The lowest BCUT2D eigenvalue weighted by atomic mass is 9.89. The predicted octanol–water partition coefficient (Wildman–Crippen LogP) is 3.87. The van der Waals surface area contributed by atoms with E-state index in [0.717, 1.165) is 22.0 Å². The van der Waals surface area contributed by atoms with Gasteiger partial charge in [0.05, 0.1) is 0 Å². The van der Waals surface area contributed by atoms with E-state index in [-0.39, 0.29) is 25.3 Å². The summed E-state index contributed by atoms with van der Waals surface area (Å²) >= 11 is 0. The number of hydrogen-bond acceptors (Lipinski definition) is 2. The molecule has 0 aliphatic carbocycles. The molecular formula is C23H22F3N3O2. The van der Waals surface area contributed by atoms with E-state index in [4.69, 9.17) is 0 Å². The van der Waals surface area contributed by atoms with Gasteiger partial charge in [0.15, 0.2) is 0 Å². The highest BCUT2D eigenvalue weighted by atomic mass is 19.4. The highest BCUT2D eigenvalue weighted by molar-refractivity contribution is 6.01. The SMILES string of the molecule is O=C(NC[C@H](c1ccccc1)c1c[nH]c2ccccc12)[C@@H]1CC[C@H](C(F)(F)F)NC1=O. The number of aromatic amines is 1. The second-order valence-electron chi connectivity index (χ2n) is 7.73. The fourth-order valence-electron chi connectivity index (χ4n) is 4.11. The van der Waals surface area contributed by atoms with Crippen LogP contribution in [0, 0.1) is 5.92 Å². The summed E-state index contributed by atoms with van der Waals surface area (Å²) in [5.74, 6) is -2.75. The molecule has 3 atom stereocenters. The third kappa shape index (κ3) is 4.42. The van der Waals surface area contributed by atoms with Crippen molar-refractivity contribution in [3.63, 3.8) is 0 Å². The molecule has 0 bridgehead atoms. The number of piperidine rings is 1. The number of halogens is 3. The van der Waals surface area contributed by atoms with Gasteiger partial charge in [-0.1, -0.05) is 48.5 Å². The number of benzene rings is 2. The van der Waals surface area contributed by atoms with Crippen LogP contribution >= 0.6 is 0 Å². The van der Waals surface area contributed by atoms with Gasteiger partial charge in [-0.05, 0) is 30.0 Å². The van der Waals surface area contributed by atoms with Crippen LogP contribution in [-0.4, -0.2) is 35.6 Å². The molecule has 3 aromatic rings. The Bertz CT molecular complexity index is 1080. The maximum absolute atomic E-state index is 12.9. The molecule has 1 saturated heterocycles. The Balaban J connectivity index is 1.51. The van der Waals surface area contributed by atoms with Gasteiger partial charge in [-0.15, -0.1) is 0 Å². The fraction of sp³-hybridized carbons (Fsp3) is 0.304. The molecule has 2 aromatic carbocycles. The van der Waals surface area contributed by atoms with Crippen molar-refractivity contribution in [2.75, 3.05) is 6.54 Å². The third-order valence-electron chi connectivity index (χ3n) is 5.77. The molecule has 0 spiro atoms. The van der Waals surface area contributed by atoms with Gasteiger partial charge in [-0.3, -0.25) is 9.59 Å². The van der Waals surface area contributed by atoms with Gasteiger partial charge in [-0.2, -0.15) is 13.2 Å². The number of nitrogens with one attached hydrogen (secondary N) is 3. The van der Waals surface area contributed by atoms with Crippen molar-refractivity contribution < 1.29 is 22.8 Å². The van der Waals surface area contributed by atoms with Crippen molar-refractivity contribution in [2.24, 2.45) is 5.92 Å². The zero-order valence-electron chi connectivity index (χ0n) is 16.6. The number of carbonyl (C=O) groups is 2. The number of fused-ring (bicyclic) bond motifs is 1. The van der Waals surface area contributed by atoms with Gasteiger partial charge in [0.1, 0.15) is 12.0 Å². The topological polar surface area (TPSA) is 74.0 Å². The van der Waals surface area contributed by atoms with E-state index >= 15 is 0 Å². The van der Waals surface area contributed by atoms with Crippen LogP contribution in [0.15, 0.2) is 60.8 Å². The smallest absolute Gasteiger partial charge is 0.361 e. The Kier molecular flexibility index (Phi) is 5.71. The number of amides is 2. The third-order valence-corrected chi connectivity index (χ3v) is 5.77. The van der Waals surface area contributed by atoms with Crippen molar-refractivity contribution in [2.45, 2.75) is 31.0 Å². The maximum Gasteiger partial charge on any atom is 0.408 e. The van der Waals surface area contributed by atoms with E-state index in [1.807, 2.05) is 66.1 Å². The van der Waals surface area contributed by atoms with Gasteiger partial charge in [0, 0.05) is 29.6 Å². The molecule has 2 amide bonds. The van der Waals surface area contributed by atoms with Crippen LogP contribution in [0.2, 0.25) is 0 Å². The van der Waals surface area contributed by atoms with E-state index in [1.54, 1.807) is 0 Å². The van der Waals surface area contributed by atoms with Crippen LogP contribution in [-0.2, 0) is 9.59 Å². The van der Waals surface area contributed by atoms with Crippen LogP contribution in [0.4, 0.5) is 13.2 Å². The van der Waals surface area contributed by atoms with E-state index in [2.05, 4.69) is 10.3 Å². The Morgan fingerprint density at radius 1 is 1.06 bits per heavy atom. The van der Waals surface area contributed by atoms with Gasteiger partial charge in [-0.25, -0.2) is 0 Å². The molecule has 162 valence electrons. The van der Waals surface area contributed by atoms with E-state index < -0.39 is 30.0 Å². The molecule has 1 aliphatic rings. The number of alkyl halides is 3. The molecule has 0 unspecified atom stereocenters. The summed E-state index contributed by atoms with van der Waals surface area (Å²) in [4.78, 5) is 28.0. The van der Waals surface area contributed by atoms with E-state index in [1.165, 1.54) is 0 Å². The molecule has 1 aromatic heterocycles. The Labute approximate surface area is 177 Å². The van der Waals surface area contributed by atoms with Gasteiger partial charge < -0.3 is 15.6 Å². The highest BCUT2D eigenvalue weighted by Gasteiger charge is 2.45. The molecule has 1 fully saturated rings. The number of rotatable bonds is 5. The molecule has 31 heavy (non-hydrogen) atoms. The average Bonchev–Trinajstić information content (AvgIpc) is 3.18. The number of carbonyl (C=O) groups excluding carboxylic acids is 2. The first-order valence-corrected chi connectivity index (χ1v) is 10.1. The molecule has 4 rings (SSSR count). The first kappa shape index (κ1) is 21.0. The minimum atomic E-state index is -4.51. The number of aromatic nitrogens is 1. The van der Waals surface area contributed by atoms with Crippen molar-refractivity contribution >= 4 is 22.7 Å². The second-order valence-corrected chi connectivity index (χ2v) is 7.73. The van der Waals surface area contributed by atoms with Crippen LogP contribution in [0.25, 0.3) is 10.9 Å². The second kappa shape index (κ2) is 8.45. The Morgan fingerprint density at radius 3 is 2.48 bits per heavy atom. The lowest BCUT2D eigenvalue weighted by Crippen LogP contribution is -2.54. The van der Waals surface area contributed by atoms with Crippen molar-refractivity contribution in [1.82, 2.24) is 15.6 Å². The molecule has 3 N–H and O–H groups in total. The molecular weight excluding hydrogens is 407 g/mol. The van der Waals surface area contributed by atoms with Crippen molar-refractivity contribution in [3.8, 4) is 0 Å². The molecule has 5 nitrogen and oxygen atoms in total. The number of H-pyrrole nitrogens is 1. The lowest BCUT2D eigenvalue weighted by Gasteiger charge is -2.30. The van der Waals surface area contributed by atoms with Crippen LogP contribution in [0.3, 0.4) is 0 Å². The number of para-hydroxylation sites is 1. The first-order valence-electron chi connectivity index (χ1n) is 10.1. The summed E-state index contributed by atoms with van der Waals surface area (Å²) in [6.07, 6.45) is -3.05. The van der Waals surface area contributed by atoms with Crippen LogP contribution < -0.4 is 10.6 Å². The van der Waals surface area contributed by atoms with Gasteiger partial charge in [0.25, 0.3) is 0 Å². The molecule has 0 saturated carbocycles. The summed E-state index contributed by atoms with van der Waals surface area (Å²) < 4.78 is 38.6. The maximum atomic E-state index is 12.9. The standard InChI is InChI=1S/C23H22F3N3O2/c24-23(25,26)20-11-10-16(22(31)29-20)21(30)28-12-17(14-6-2-1-3-7-14)18-13-27-19-9-5-4-8-15(18)19/h1-9,13,16-17,20,27H,10-12H2,(H,28,30)(H,29,31)/t16-,17+,20+/m0/s1. The van der Waals surface area contributed by atoms with Crippen LogP contribution in [0.5, 0.6) is 0 Å². The summed E-state index contributed by atoms with van der Waals surface area (Å²) in [5, 5.41) is 5.74. The molecule has 2 heterocycles. The van der Waals surface area contributed by atoms with Crippen LogP contribution in [0.1, 0.15) is 29.9 Å². The lowest BCUT2D eigenvalue weighted by molar-refractivity contribution is -0.171. The van der Waals surface area contributed by atoms with Crippen molar-refractivity contribution in [1.29, 1.82) is 0 Å².